The van der Waals surface area contributed by atoms with Crippen molar-refractivity contribution in [1.82, 2.24) is 9.88 Å². The lowest BCUT2D eigenvalue weighted by molar-refractivity contribution is -0.120. The summed E-state index contributed by atoms with van der Waals surface area (Å²) in [6.07, 6.45) is 0.772. The smallest absolute Gasteiger partial charge is 0.266 e. The summed E-state index contributed by atoms with van der Waals surface area (Å²) in [5, 5.41) is 1.23. The Morgan fingerprint density at radius 3 is 2.69 bits per heavy atom. The van der Waals surface area contributed by atoms with Gasteiger partial charge in [0, 0.05) is 11.6 Å². The van der Waals surface area contributed by atoms with Crippen LogP contribution in [-0.4, -0.2) is 49.6 Å². The Balaban J connectivity index is 1.82. The highest BCUT2D eigenvalue weighted by molar-refractivity contribution is 7.22. The molecule has 0 bridgehead atoms. The van der Waals surface area contributed by atoms with Gasteiger partial charge in [0.2, 0.25) is 0 Å². The molecule has 0 aliphatic heterocycles. The fourth-order valence-electron chi connectivity index (χ4n) is 2.86. The molecule has 0 aliphatic carbocycles. The van der Waals surface area contributed by atoms with Gasteiger partial charge in [-0.3, -0.25) is 9.69 Å². The van der Waals surface area contributed by atoms with E-state index in [-0.39, 0.29) is 18.3 Å². The summed E-state index contributed by atoms with van der Waals surface area (Å²) in [6.45, 7) is 2.96. The molecule has 0 N–H and O–H groups in total. The Labute approximate surface area is 178 Å². The number of thiazole rings is 1. The van der Waals surface area contributed by atoms with Crippen molar-refractivity contribution in [3.8, 4) is 5.75 Å². The first-order valence-electron chi connectivity index (χ1n) is 9.25. The van der Waals surface area contributed by atoms with Crippen molar-refractivity contribution in [1.29, 1.82) is 0 Å². The Bertz CT molecular complexity index is 1010. The van der Waals surface area contributed by atoms with Crippen molar-refractivity contribution in [3.05, 3.63) is 52.8 Å². The molecule has 1 amide bonds. The van der Waals surface area contributed by atoms with Crippen LogP contribution in [0.4, 0.5) is 9.52 Å². The van der Waals surface area contributed by atoms with Crippen molar-refractivity contribution < 1.29 is 13.9 Å². The summed E-state index contributed by atoms with van der Waals surface area (Å²) in [5.74, 6) is -0.708. The SMILES string of the molecule is Cc1c(Cl)ccc2sc(N(CCCN(C)C)C(=O)COc3ccccc3F)nc12. The zero-order chi connectivity index (χ0) is 21.0. The van der Waals surface area contributed by atoms with Gasteiger partial charge in [-0.1, -0.05) is 35.1 Å². The maximum Gasteiger partial charge on any atom is 0.266 e. The van der Waals surface area contributed by atoms with Gasteiger partial charge in [0.05, 0.1) is 10.2 Å². The number of ether oxygens (including phenoxy) is 1. The molecular formula is C21H23ClFN3O2S. The largest absolute Gasteiger partial charge is 0.481 e. The van der Waals surface area contributed by atoms with Crippen LogP contribution in [0.3, 0.4) is 0 Å². The number of rotatable bonds is 8. The zero-order valence-corrected chi connectivity index (χ0v) is 18.2. The summed E-state index contributed by atoms with van der Waals surface area (Å²) in [4.78, 5) is 21.3. The Morgan fingerprint density at radius 1 is 1.21 bits per heavy atom. The van der Waals surface area contributed by atoms with Gasteiger partial charge < -0.3 is 9.64 Å². The molecule has 1 aromatic heterocycles. The topological polar surface area (TPSA) is 45.7 Å². The lowest BCUT2D eigenvalue weighted by Gasteiger charge is -2.21. The Hall–Kier alpha value is -2.22. The second-order valence-electron chi connectivity index (χ2n) is 6.94. The molecule has 29 heavy (non-hydrogen) atoms. The third-order valence-corrected chi connectivity index (χ3v) is 5.90. The molecule has 0 fully saturated rings. The number of benzene rings is 2. The average molecular weight is 436 g/mol. The number of aryl methyl sites for hydroxylation is 1. The number of halogens is 2. The fraction of sp³-hybridized carbons (Fsp3) is 0.333. The van der Waals surface area contributed by atoms with E-state index in [1.54, 1.807) is 17.0 Å². The molecule has 1 heterocycles. The summed E-state index contributed by atoms with van der Waals surface area (Å²) in [6, 6.07) is 9.78. The van der Waals surface area contributed by atoms with Crippen molar-refractivity contribution in [2.75, 3.05) is 38.7 Å². The van der Waals surface area contributed by atoms with Gasteiger partial charge in [-0.2, -0.15) is 0 Å². The number of hydrogen-bond acceptors (Lipinski definition) is 5. The second-order valence-corrected chi connectivity index (χ2v) is 8.35. The normalized spacial score (nSPS) is 11.2. The van der Waals surface area contributed by atoms with Crippen LogP contribution in [0.1, 0.15) is 12.0 Å². The van der Waals surface area contributed by atoms with E-state index in [1.165, 1.54) is 23.5 Å². The van der Waals surface area contributed by atoms with Gasteiger partial charge >= 0.3 is 0 Å². The first-order valence-corrected chi connectivity index (χ1v) is 10.4. The van der Waals surface area contributed by atoms with Crippen LogP contribution in [0.2, 0.25) is 5.02 Å². The van der Waals surface area contributed by atoms with Crippen molar-refractivity contribution in [2.45, 2.75) is 13.3 Å². The average Bonchev–Trinajstić information content (AvgIpc) is 3.12. The van der Waals surface area contributed by atoms with E-state index >= 15 is 0 Å². The lowest BCUT2D eigenvalue weighted by atomic mass is 10.2. The number of aromatic nitrogens is 1. The van der Waals surface area contributed by atoms with Gasteiger partial charge in [-0.15, -0.1) is 0 Å². The zero-order valence-electron chi connectivity index (χ0n) is 16.6. The number of nitrogens with zero attached hydrogens (tertiary/aromatic N) is 3. The fourth-order valence-corrected chi connectivity index (χ4v) is 4.08. The molecule has 154 valence electrons. The molecule has 3 rings (SSSR count). The molecular weight excluding hydrogens is 413 g/mol. The maximum atomic E-state index is 13.8. The van der Waals surface area contributed by atoms with Crippen LogP contribution >= 0.6 is 22.9 Å². The molecule has 8 heteroatoms. The number of para-hydroxylation sites is 1. The molecule has 0 unspecified atom stereocenters. The molecule has 0 aliphatic rings. The number of carbonyl (C=O) groups is 1. The summed E-state index contributed by atoms with van der Waals surface area (Å²) >= 11 is 7.65. The molecule has 0 spiro atoms. The van der Waals surface area contributed by atoms with Gasteiger partial charge in [-0.25, -0.2) is 9.37 Å². The monoisotopic (exact) mass is 435 g/mol. The van der Waals surface area contributed by atoms with E-state index in [0.717, 1.165) is 28.7 Å². The van der Waals surface area contributed by atoms with E-state index < -0.39 is 5.82 Å². The highest BCUT2D eigenvalue weighted by atomic mass is 35.5. The van der Waals surface area contributed by atoms with E-state index in [0.29, 0.717) is 16.7 Å². The van der Waals surface area contributed by atoms with E-state index in [4.69, 9.17) is 16.3 Å². The Morgan fingerprint density at radius 2 is 1.97 bits per heavy atom. The predicted molar refractivity (Wildman–Crippen MR) is 117 cm³/mol. The van der Waals surface area contributed by atoms with Crippen molar-refractivity contribution in [3.63, 3.8) is 0 Å². The standard InChI is InChI=1S/C21H23ClFN3O2S/c1-14-15(22)9-10-18-20(14)24-21(29-18)26(12-6-11-25(2)3)19(27)13-28-17-8-5-4-7-16(17)23/h4-5,7-10H,6,11-13H2,1-3H3. The van der Waals surface area contributed by atoms with Crippen LogP contribution in [-0.2, 0) is 4.79 Å². The van der Waals surface area contributed by atoms with Gasteiger partial charge in [0.25, 0.3) is 5.91 Å². The molecule has 2 aromatic carbocycles. The highest BCUT2D eigenvalue weighted by Crippen LogP contribution is 2.33. The quantitative estimate of drug-likeness (QED) is 0.511. The third-order valence-electron chi connectivity index (χ3n) is 4.44. The minimum Gasteiger partial charge on any atom is -0.481 e. The minimum atomic E-state index is -0.496. The van der Waals surface area contributed by atoms with Crippen LogP contribution < -0.4 is 9.64 Å². The summed E-state index contributed by atoms with van der Waals surface area (Å²) in [7, 11) is 3.97. The first kappa shape index (κ1) is 21.5. The number of amides is 1. The van der Waals surface area contributed by atoms with Crippen LogP contribution in [0.15, 0.2) is 36.4 Å². The first-order chi connectivity index (χ1) is 13.9. The second kappa shape index (κ2) is 9.52. The predicted octanol–water partition coefficient (Wildman–Crippen LogP) is 4.76. The number of anilines is 1. The molecule has 0 radical (unpaired) electrons. The van der Waals surface area contributed by atoms with Crippen molar-refractivity contribution >= 4 is 44.2 Å². The van der Waals surface area contributed by atoms with E-state index in [2.05, 4.69) is 9.88 Å². The number of hydrogen-bond donors (Lipinski definition) is 0. The summed E-state index contributed by atoms with van der Waals surface area (Å²) < 4.78 is 20.2. The highest BCUT2D eigenvalue weighted by Gasteiger charge is 2.21. The molecule has 5 nitrogen and oxygen atoms in total. The van der Waals surface area contributed by atoms with Gasteiger partial charge in [-0.05, 0) is 63.8 Å². The number of carbonyl (C=O) groups excluding carboxylic acids is 1. The molecule has 0 saturated heterocycles. The van der Waals surface area contributed by atoms with Crippen molar-refractivity contribution in [2.24, 2.45) is 0 Å². The summed E-state index contributed by atoms with van der Waals surface area (Å²) in [5.41, 5.74) is 1.67. The maximum absolute atomic E-state index is 13.8. The molecule has 0 atom stereocenters. The van der Waals surface area contributed by atoms with E-state index in [1.807, 2.05) is 33.2 Å². The number of fused-ring (bicyclic) bond motifs is 1. The van der Waals surface area contributed by atoms with E-state index in [9.17, 15) is 9.18 Å². The van der Waals surface area contributed by atoms with Crippen LogP contribution in [0.5, 0.6) is 5.75 Å². The van der Waals surface area contributed by atoms with Crippen LogP contribution in [0.25, 0.3) is 10.2 Å². The van der Waals surface area contributed by atoms with Gasteiger partial charge in [0.15, 0.2) is 23.3 Å². The molecule has 3 aromatic rings. The minimum absolute atomic E-state index is 0.0565. The van der Waals surface area contributed by atoms with Crippen LogP contribution in [0, 0.1) is 12.7 Å². The lowest BCUT2D eigenvalue weighted by Crippen LogP contribution is -2.37. The van der Waals surface area contributed by atoms with Gasteiger partial charge in [0.1, 0.15) is 0 Å². The molecule has 0 saturated carbocycles. The third kappa shape index (κ3) is 5.23. The Kier molecular flexibility index (Phi) is 7.05.